The third-order valence-electron chi connectivity index (χ3n) is 2.70. The Morgan fingerprint density at radius 3 is 2.47 bits per heavy atom. The molecule has 2 atom stereocenters. The topological polar surface area (TPSA) is 82.6 Å². The zero-order chi connectivity index (χ0) is 11.0. The Hall–Kier alpha value is -1.33. The van der Waals surface area contributed by atoms with Crippen molar-refractivity contribution >= 4 is 11.5 Å². The summed E-state index contributed by atoms with van der Waals surface area (Å²) in [6.07, 6.45) is -1.38. The van der Waals surface area contributed by atoms with Gasteiger partial charge in [0.15, 0.2) is 0 Å². The van der Waals surface area contributed by atoms with Crippen LogP contribution in [0.1, 0.15) is 5.69 Å². The second-order valence-corrected chi connectivity index (χ2v) is 3.88. The first-order valence-corrected chi connectivity index (χ1v) is 4.92. The summed E-state index contributed by atoms with van der Waals surface area (Å²) in [4.78, 5) is 6.15. The highest BCUT2D eigenvalue weighted by Crippen LogP contribution is 2.20. The highest BCUT2D eigenvalue weighted by atomic mass is 16.3. The van der Waals surface area contributed by atoms with E-state index in [1.807, 2.05) is 11.8 Å². The predicted octanol–water partition coefficient (Wildman–Crippen LogP) is -0.486. The average molecular weight is 209 g/mol. The first-order chi connectivity index (χ1) is 7.08. The van der Waals surface area contributed by atoms with E-state index in [1.54, 1.807) is 12.1 Å². The predicted molar refractivity (Wildman–Crippen MR) is 57.6 cm³/mol. The second kappa shape index (κ2) is 3.67. The van der Waals surface area contributed by atoms with Gasteiger partial charge in [-0.05, 0) is 19.1 Å². The van der Waals surface area contributed by atoms with E-state index < -0.39 is 12.2 Å². The number of aliphatic hydroxyl groups excluding tert-OH is 2. The molecule has 0 radical (unpaired) electrons. The summed E-state index contributed by atoms with van der Waals surface area (Å²) in [5, 5.41) is 18.8. The second-order valence-electron chi connectivity index (χ2n) is 3.88. The molecule has 1 aromatic heterocycles. The molecule has 1 fully saturated rings. The third kappa shape index (κ3) is 1.88. The first kappa shape index (κ1) is 10.2. The maximum atomic E-state index is 9.41. The molecule has 5 heteroatoms. The van der Waals surface area contributed by atoms with Crippen LogP contribution in [-0.4, -0.2) is 40.5 Å². The van der Waals surface area contributed by atoms with Gasteiger partial charge in [0, 0.05) is 13.1 Å². The lowest BCUT2D eigenvalue weighted by Crippen LogP contribution is -2.22. The number of nitrogen functional groups attached to an aromatic ring is 1. The van der Waals surface area contributed by atoms with E-state index in [4.69, 9.17) is 5.73 Å². The minimum atomic E-state index is -0.690. The quantitative estimate of drug-likeness (QED) is 0.581. The Bertz CT molecular complexity index is 360. The van der Waals surface area contributed by atoms with E-state index in [0.29, 0.717) is 18.8 Å². The Morgan fingerprint density at radius 2 is 1.93 bits per heavy atom. The molecule has 5 nitrogen and oxygen atoms in total. The Kier molecular flexibility index (Phi) is 2.50. The molecule has 2 rings (SSSR count). The number of hydrogen-bond acceptors (Lipinski definition) is 5. The van der Waals surface area contributed by atoms with Crippen LogP contribution in [0.15, 0.2) is 12.1 Å². The van der Waals surface area contributed by atoms with Gasteiger partial charge in [0.2, 0.25) is 0 Å². The molecule has 1 aromatic rings. The lowest BCUT2D eigenvalue weighted by molar-refractivity contribution is 0.0572. The number of aromatic nitrogens is 1. The maximum Gasteiger partial charge on any atom is 0.129 e. The highest BCUT2D eigenvalue weighted by molar-refractivity contribution is 5.51. The minimum absolute atomic E-state index is 0.414. The van der Waals surface area contributed by atoms with Crippen LogP contribution in [-0.2, 0) is 0 Å². The van der Waals surface area contributed by atoms with Gasteiger partial charge in [-0.25, -0.2) is 4.98 Å². The van der Waals surface area contributed by atoms with Gasteiger partial charge in [-0.15, -0.1) is 0 Å². The molecule has 0 spiro atoms. The van der Waals surface area contributed by atoms with Crippen molar-refractivity contribution in [3.05, 3.63) is 17.8 Å². The zero-order valence-electron chi connectivity index (χ0n) is 8.59. The molecule has 0 saturated carbocycles. The fraction of sp³-hybridized carbons (Fsp3) is 0.500. The van der Waals surface area contributed by atoms with Crippen LogP contribution in [0.3, 0.4) is 0 Å². The van der Waals surface area contributed by atoms with Crippen molar-refractivity contribution < 1.29 is 10.2 Å². The van der Waals surface area contributed by atoms with Crippen molar-refractivity contribution in [1.82, 2.24) is 4.98 Å². The van der Waals surface area contributed by atoms with Crippen molar-refractivity contribution in [1.29, 1.82) is 0 Å². The molecular formula is C10H15N3O2. The van der Waals surface area contributed by atoms with Gasteiger partial charge < -0.3 is 20.8 Å². The molecule has 2 heterocycles. The summed E-state index contributed by atoms with van der Waals surface area (Å²) >= 11 is 0. The standard InChI is InChI=1S/C10H15N3O2/c1-6-7(11)2-3-10(12-6)13-4-8(14)9(15)5-13/h2-3,8-9,14-15H,4-5,11H2,1H3. The average Bonchev–Trinajstić information content (AvgIpc) is 2.52. The van der Waals surface area contributed by atoms with E-state index in [1.165, 1.54) is 0 Å². The van der Waals surface area contributed by atoms with Gasteiger partial charge >= 0.3 is 0 Å². The molecule has 82 valence electrons. The molecule has 1 aliphatic heterocycles. The number of β-amino-alcohol motifs (C(OH)–C–C–N with tert-alkyl or cyclic N) is 2. The largest absolute Gasteiger partial charge is 0.397 e. The molecular weight excluding hydrogens is 194 g/mol. The van der Waals surface area contributed by atoms with E-state index in [2.05, 4.69) is 4.98 Å². The fourth-order valence-corrected chi connectivity index (χ4v) is 1.69. The van der Waals surface area contributed by atoms with Crippen molar-refractivity contribution in [2.75, 3.05) is 23.7 Å². The summed E-state index contributed by atoms with van der Waals surface area (Å²) < 4.78 is 0. The van der Waals surface area contributed by atoms with E-state index in [9.17, 15) is 10.2 Å². The molecule has 2 unspecified atom stereocenters. The van der Waals surface area contributed by atoms with E-state index in [0.717, 1.165) is 11.5 Å². The Morgan fingerprint density at radius 1 is 1.33 bits per heavy atom. The number of rotatable bonds is 1. The van der Waals surface area contributed by atoms with E-state index >= 15 is 0 Å². The number of nitrogens with zero attached hydrogens (tertiary/aromatic N) is 2. The first-order valence-electron chi connectivity index (χ1n) is 4.92. The van der Waals surface area contributed by atoms with Crippen molar-refractivity contribution in [2.45, 2.75) is 19.1 Å². The molecule has 1 saturated heterocycles. The molecule has 0 amide bonds. The lowest BCUT2D eigenvalue weighted by Gasteiger charge is -2.17. The summed E-state index contributed by atoms with van der Waals surface area (Å²) in [5.41, 5.74) is 7.08. The fourth-order valence-electron chi connectivity index (χ4n) is 1.69. The Labute approximate surface area is 88.2 Å². The summed E-state index contributed by atoms with van der Waals surface area (Å²) in [6.45, 7) is 2.66. The number of nitrogens with two attached hydrogens (primary N) is 1. The molecule has 0 aromatic carbocycles. The summed E-state index contributed by atoms with van der Waals surface area (Å²) in [7, 11) is 0. The molecule has 0 aliphatic carbocycles. The van der Waals surface area contributed by atoms with Crippen LogP contribution in [0.2, 0.25) is 0 Å². The van der Waals surface area contributed by atoms with Gasteiger partial charge in [-0.2, -0.15) is 0 Å². The SMILES string of the molecule is Cc1nc(N2CC(O)C(O)C2)ccc1N. The van der Waals surface area contributed by atoms with Gasteiger partial charge in [0.05, 0.1) is 23.6 Å². The summed E-state index contributed by atoms with van der Waals surface area (Å²) in [5.74, 6) is 0.748. The normalized spacial score (nSPS) is 25.9. The summed E-state index contributed by atoms with van der Waals surface area (Å²) in [6, 6.07) is 3.59. The number of pyridine rings is 1. The smallest absolute Gasteiger partial charge is 0.129 e. The maximum absolute atomic E-state index is 9.41. The van der Waals surface area contributed by atoms with Gasteiger partial charge in [0.25, 0.3) is 0 Å². The van der Waals surface area contributed by atoms with Crippen LogP contribution in [0, 0.1) is 6.92 Å². The minimum Gasteiger partial charge on any atom is -0.397 e. The van der Waals surface area contributed by atoms with Gasteiger partial charge in [-0.3, -0.25) is 0 Å². The Balaban J connectivity index is 2.20. The van der Waals surface area contributed by atoms with Crippen LogP contribution >= 0.6 is 0 Å². The number of hydrogen-bond donors (Lipinski definition) is 3. The number of aliphatic hydroxyl groups is 2. The van der Waals surface area contributed by atoms with Gasteiger partial charge in [-0.1, -0.05) is 0 Å². The monoisotopic (exact) mass is 209 g/mol. The lowest BCUT2D eigenvalue weighted by atomic mass is 10.3. The van der Waals surface area contributed by atoms with E-state index in [-0.39, 0.29) is 0 Å². The van der Waals surface area contributed by atoms with Crippen LogP contribution in [0.4, 0.5) is 11.5 Å². The van der Waals surface area contributed by atoms with Crippen molar-refractivity contribution in [3.8, 4) is 0 Å². The number of anilines is 2. The molecule has 4 N–H and O–H groups in total. The zero-order valence-corrected chi connectivity index (χ0v) is 8.59. The molecule has 15 heavy (non-hydrogen) atoms. The third-order valence-corrected chi connectivity index (χ3v) is 2.70. The van der Waals surface area contributed by atoms with Crippen molar-refractivity contribution in [3.63, 3.8) is 0 Å². The highest BCUT2D eigenvalue weighted by Gasteiger charge is 2.30. The van der Waals surface area contributed by atoms with Crippen LogP contribution in [0.5, 0.6) is 0 Å². The molecule has 0 bridgehead atoms. The van der Waals surface area contributed by atoms with Crippen LogP contribution in [0.25, 0.3) is 0 Å². The van der Waals surface area contributed by atoms with Crippen LogP contribution < -0.4 is 10.6 Å². The molecule has 1 aliphatic rings. The van der Waals surface area contributed by atoms with Crippen molar-refractivity contribution in [2.24, 2.45) is 0 Å². The van der Waals surface area contributed by atoms with Gasteiger partial charge in [0.1, 0.15) is 5.82 Å². The number of aryl methyl sites for hydroxylation is 1.